The van der Waals surface area contributed by atoms with Crippen LogP contribution in [0.5, 0.6) is 0 Å². The molecule has 0 fully saturated rings. The van der Waals surface area contributed by atoms with Gasteiger partial charge in [-0.25, -0.2) is 0 Å². The Morgan fingerprint density at radius 3 is 2.25 bits per heavy atom. The second-order valence-corrected chi connectivity index (χ2v) is 3.32. The molecule has 0 aliphatic rings. The summed E-state index contributed by atoms with van der Waals surface area (Å²) in [6, 6.07) is 0. The first kappa shape index (κ1) is 14.1. The number of aldehydes is 1. The van der Waals surface area contributed by atoms with Gasteiger partial charge < -0.3 is 0 Å². The Balaban J connectivity index is 4.74. The minimum absolute atomic E-state index is 0.492. The molecule has 0 saturated carbocycles. The van der Waals surface area contributed by atoms with E-state index in [9.17, 15) is 4.79 Å². The van der Waals surface area contributed by atoms with Crippen molar-refractivity contribution in [2.75, 3.05) is 0 Å². The van der Waals surface area contributed by atoms with E-state index < -0.39 is 0 Å². The van der Waals surface area contributed by atoms with Gasteiger partial charge in [0.2, 0.25) is 0 Å². The lowest BCUT2D eigenvalue weighted by Gasteiger charge is -2.04. The van der Waals surface area contributed by atoms with Gasteiger partial charge in [0.25, 0.3) is 0 Å². The zero-order valence-corrected chi connectivity index (χ0v) is 9.83. The van der Waals surface area contributed by atoms with Gasteiger partial charge in [-0.2, -0.15) is 0 Å². The normalized spacial score (nSPS) is 11.2. The fraction of sp³-hybridized carbons (Fsp3) is 0.133. The van der Waals surface area contributed by atoms with E-state index in [1.54, 1.807) is 12.2 Å². The van der Waals surface area contributed by atoms with Crippen molar-refractivity contribution in [3.63, 3.8) is 0 Å². The van der Waals surface area contributed by atoms with Crippen molar-refractivity contribution < 1.29 is 4.79 Å². The third kappa shape index (κ3) is 4.56. The van der Waals surface area contributed by atoms with Crippen molar-refractivity contribution in [2.24, 2.45) is 0 Å². The molecule has 0 aliphatic heterocycles. The average molecular weight is 214 g/mol. The molecule has 0 amide bonds. The summed E-state index contributed by atoms with van der Waals surface area (Å²) in [4.78, 5) is 10.8. The molecule has 0 bridgehead atoms. The van der Waals surface area contributed by atoms with Crippen molar-refractivity contribution >= 4 is 6.29 Å². The van der Waals surface area contributed by atoms with Gasteiger partial charge in [0.1, 0.15) is 0 Å². The lowest BCUT2D eigenvalue weighted by molar-refractivity contribution is -0.104. The first-order valence-electron chi connectivity index (χ1n) is 5.09. The average Bonchev–Trinajstić information content (AvgIpc) is 2.31. The molecule has 0 atom stereocenters. The molecular weight excluding hydrogens is 196 g/mol. The monoisotopic (exact) mass is 214 g/mol. The summed E-state index contributed by atoms with van der Waals surface area (Å²) in [5.74, 6) is 0. The maximum atomic E-state index is 10.8. The van der Waals surface area contributed by atoms with Gasteiger partial charge in [-0.1, -0.05) is 63.1 Å². The molecule has 0 rings (SSSR count). The van der Waals surface area contributed by atoms with Gasteiger partial charge in [-0.3, -0.25) is 4.79 Å². The predicted octanol–water partition coefficient (Wildman–Crippen LogP) is 3.93. The van der Waals surface area contributed by atoms with E-state index in [4.69, 9.17) is 0 Å². The fourth-order valence-corrected chi connectivity index (χ4v) is 0.960. The molecule has 0 N–H and O–H groups in total. The Kier molecular flexibility index (Phi) is 6.53. The number of hydrogen-bond donors (Lipinski definition) is 0. The van der Waals surface area contributed by atoms with Crippen LogP contribution in [-0.2, 0) is 4.79 Å². The maximum absolute atomic E-state index is 10.8. The standard InChI is InChI=1S/C15H18O/c1-6-8-15(11-16)14(5)13(4)10-9-12(3)7-2/h6,8-11H,1,3-5,7H2,2H3/b10-9-,15-8-. The minimum atomic E-state index is 0.492. The van der Waals surface area contributed by atoms with Crippen molar-refractivity contribution in [1.29, 1.82) is 0 Å². The Morgan fingerprint density at radius 1 is 1.19 bits per heavy atom. The van der Waals surface area contributed by atoms with Crippen LogP contribution in [0.25, 0.3) is 0 Å². The number of hydrogen-bond acceptors (Lipinski definition) is 1. The summed E-state index contributed by atoms with van der Waals surface area (Å²) in [6.07, 6.45) is 8.50. The smallest absolute Gasteiger partial charge is 0.150 e. The molecule has 0 aliphatic carbocycles. The van der Waals surface area contributed by atoms with E-state index in [2.05, 4.69) is 26.3 Å². The molecule has 1 nitrogen and oxygen atoms in total. The largest absolute Gasteiger partial charge is 0.298 e. The topological polar surface area (TPSA) is 17.1 Å². The van der Waals surface area contributed by atoms with Gasteiger partial charge in [0, 0.05) is 5.57 Å². The first-order valence-corrected chi connectivity index (χ1v) is 5.09. The molecule has 1 heteroatoms. The van der Waals surface area contributed by atoms with E-state index >= 15 is 0 Å². The molecule has 0 heterocycles. The molecule has 0 aromatic heterocycles. The fourth-order valence-electron chi connectivity index (χ4n) is 0.960. The Hall–Kier alpha value is -1.89. The van der Waals surface area contributed by atoms with Crippen LogP contribution in [0, 0.1) is 0 Å². The van der Waals surface area contributed by atoms with Crippen LogP contribution >= 0.6 is 0 Å². The summed E-state index contributed by atoms with van der Waals surface area (Å²) in [6.45, 7) is 17.1. The van der Waals surface area contributed by atoms with E-state index in [-0.39, 0.29) is 0 Å². The molecule has 84 valence electrons. The van der Waals surface area contributed by atoms with Gasteiger partial charge in [-0.15, -0.1) is 0 Å². The van der Waals surface area contributed by atoms with Gasteiger partial charge in [0.15, 0.2) is 6.29 Å². The van der Waals surface area contributed by atoms with Crippen LogP contribution in [-0.4, -0.2) is 6.29 Å². The third-order valence-corrected chi connectivity index (χ3v) is 2.13. The van der Waals surface area contributed by atoms with Crippen molar-refractivity contribution in [3.8, 4) is 0 Å². The van der Waals surface area contributed by atoms with Crippen LogP contribution in [0.1, 0.15) is 13.3 Å². The SMILES string of the molecule is C=C/C=C(/C=O)C(=C)C(=C)/C=C\C(=C)CC. The second kappa shape index (κ2) is 7.41. The molecule has 0 saturated heterocycles. The Labute approximate surface area is 97.9 Å². The Bertz CT molecular complexity index is 378. The summed E-state index contributed by atoms with van der Waals surface area (Å²) >= 11 is 0. The van der Waals surface area contributed by atoms with Gasteiger partial charge in [0.05, 0.1) is 0 Å². The van der Waals surface area contributed by atoms with Crippen LogP contribution in [0.2, 0.25) is 0 Å². The highest BCUT2D eigenvalue weighted by atomic mass is 16.1. The van der Waals surface area contributed by atoms with E-state index in [0.29, 0.717) is 16.7 Å². The quantitative estimate of drug-likeness (QED) is 0.356. The number of allylic oxidation sites excluding steroid dienone is 8. The predicted molar refractivity (Wildman–Crippen MR) is 71.2 cm³/mol. The Morgan fingerprint density at radius 2 is 1.81 bits per heavy atom. The molecule has 0 aromatic rings. The molecular formula is C15H18O. The summed E-state index contributed by atoms with van der Waals surface area (Å²) in [5.41, 5.74) is 2.81. The van der Waals surface area contributed by atoms with Crippen molar-refractivity contribution in [1.82, 2.24) is 0 Å². The lowest BCUT2D eigenvalue weighted by atomic mass is 10.0. The molecule has 0 aromatic carbocycles. The third-order valence-electron chi connectivity index (χ3n) is 2.13. The molecule has 0 radical (unpaired) electrons. The van der Waals surface area contributed by atoms with Gasteiger partial charge in [-0.05, 0) is 17.6 Å². The lowest BCUT2D eigenvalue weighted by Crippen LogP contribution is -1.91. The maximum Gasteiger partial charge on any atom is 0.150 e. The minimum Gasteiger partial charge on any atom is -0.298 e. The van der Waals surface area contributed by atoms with E-state index in [1.807, 2.05) is 19.1 Å². The van der Waals surface area contributed by atoms with E-state index in [0.717, 1.165) is 18.3 Å². The van der Waals surface area contributed by atoms with Crippen molar-refractivity contribution in [3.05, 3.63) is 72.9 Å². The second-order valence-electron chi connectivity index (χ2n) is 3.32. The highest BCUT2D eigenvalue weighted by Crippen LogP contribution is 2.16. The van der Waals surface area contributed by atoms with E-state index in [1.165, 1.54) is 0 Å². The summed E-state index contributed by atoms with van der Waals surface area (Å²) < 4.78 is 0. The number of rotatable bonds is 7. The first-order chi connectivity index (χ1) is 7.56. The zero-order chi connectivity index (χ0) is 12.6. The molecule has 16 heavy (non-hydrogen) atoms. The van der Waals surface area contributed by atoms with Crippen LogP contribution in [0.15, 0.2) is 72.9 Å². The molecule has 0 spiro atoms. The van der Waals surface area contributed by atoms with Crippen LogP contribution in [0.3, 0.4) is 0 Å². The number of carbonyl (C=O) groups is 1. The zero-order valence-electron chi connectivity index (χ0n) is 9.83. The highest BCUT2D eigenvalue weighted by Gasteiger charge is 2.02. The van der Waals surface area contributed by atoms with Gasteiger partial charge >= 0.3 is 0 Å². The summed E-state index contributed by atoms with van der Waals surface area (Å²) in [7, 11) is 0. The van der Waals surface area contributed by atoms with Crippen LogP contribution in [0.4, 0.5) is 0 Å². The number of carbonyl (C=O) groups excluding carboxylic acids is 1. The molecule has 0 unspecified atom stereocenters. The van der Waals surface area contributed by atoms with Crippen LogP contribution < -0.4 is 0 Å². The summed E-state index contributed by atoms with van der Waals surface area (Å²) in [5, 5.41) is 0. The highest BCUT2D eigenvalue weighted by molar-refractivity contribution is 5.83. The van der Waals surface area contributed by atoms with Crippen molar-refractivity contribution in [2.45, 2.75) is 13.3 Å².